The van der Waals surface area contributed by atoms with Crippen molar-refractivity contribution >= 4 is 11.6 Å². The maximum atomic E-state index is 7.12. The van der Waals surface area contributed by atoms with E-state index in [1.807, 2.05) is 0 Å². The quantitative estimate of drug-likeness (QED) is 0.552. The summed E-state index contributed by atoms with van der Waals surface area (Å²) >= 11 is 7.12. The standard InChI is InChI=1S/C17H35ClN2/c1-15(2)16(3)9-10-17(15,18)14-20(7,13-16)12-8-11-19(4,5)6/h8-14H2,1-7H3/q+2. The van der Waals surface area contributed by atoms with Crippen LogP contribution < -0.4 is 0 Å². The molecule has 3 atom stereocenters. The van der Waals surface area contributed by atoms with Gasteiger partial charge in [-0.25, -0.2) is 0 Å². The van der Waals surface area contributed by atoms with Gasteiger partial charge in [0, 0.05) is 17.3 Å². The highest BCUT2D eigenvalue weighted by Crippen LogP contribution is 2.64. The minimum Gasteiger partial charge on any atom is -0.331 e. The Kier molecular flexibility index (Phi) is 3.81. The van der Waals surface area contributed by atoms with Gasteiger partial charge in [0.15, 0.2) is 0 Å². The van der Waals surface area contributed by atoms with Crippen molar-refractivity contribution in [1.29, 1.82) is 0 Å². The highest BCUT2D eigenvalue weighted by atomic mass is 35.5. The lowest BCUT2D eigenvalue weighted by Gasteiger charge is -2.57. The number of fused-ring (bicyclic) bond motifs is 2. The Morgan fingerprint density at radius 3 is 2.15 bits per heavy atom. The van der Waals surface area contributed by atoms with Gasteiger partial charge in [0.1, 0.15) is 0 Å². The van der Waals surface area contributed by atoms with Gasteiger partial charge in [0.05, 0.1) is 59.2 Å². The van der Waals surface area contributed by atoms with Gasteiger partial charge in [0.2, 0.25) is 0 Å². The Morgan fingerprint density at radius 1 is 1.05 bits per heavy atom. The summed E-state index contributed by atoms with van der Waals surface area (Å²) < 4.78 is 2.23. The van der Waals surface area contributed by atoms with Crippen LogP contribution in [0.3, 0.4) is 0 Å². The van der Waals surface area contributed by atoms with Crippen LogP contribution in [0.2, 0.25) is 0 Å². The summed E-state index contributed by atoms with van der Waals surface area (Å²) in [7, 11) is 9.29. The average Bonchev–Trinajstić information content (AvgIpc) is 2.34. The molecule has 1 saturated carbocycles. The van der Waals surface area contributed by atoms with Crippen LogP contribution in [0, 0.1) is 10.8 Å². The lowest BCUT2D eigenvalue weighted by Crippen LogP contribution is -2.66. The van der Waals surface area contributed by atoms with Crippen molar-refractivity contribution in [2.75, 3.05) is 54.4 Å². The van der Waals surface area contributed by atoms with Crippen LogP contribution in [0.5, 0.6) is 0 Å². The van der Waals surface area contributed by atoms with Crippen LogP contribution in [-0.4, -0.2) is 68.2 Å². The maximum absolute atomic E-state index is 7.12. The van der Waals surface area contributed by atoms with Gasteiger partial charge in [-0.2, -0.15) is 0 Å². The van der Waals surface area contributed by atoms with Crippen molar-refractivity contribution in [3.8, 4) is 0 Å². The lowest BCUT2D eigenvalue weighted by atomic mass is 9.62. The number of alkyl halides is 1. The summed E-state index contributed by atoms with van der Waals surface area (Å²) in [5.41, 5.74) is 0.664. The largest absolute Gasteiger partial charge is 0.331 e. The molecule has 0 aromatic heterocycles. The molecule has 2 nitrogen and oxygen atoms in total. The molecule has 20 heavy (non-hydrogen) atoms. The maximum Gasteiger partial charge on any atom is 0.0992 e. The van der Waals surface area contributed by atoms with Crippen molar-refractivity contribution in [2.45, 2.75) is 44.9 Å². The number of hydrogen-bond acceptors (Lipinski definition) is 0. The first kappa shape index (κ1) is 16.6. The van der Waals surface area contributed by atoms with E-state index >= 15 is 0 Å². The molecular weight excluding hydrogens is 268 g/mol. The second-order valence-corrected chi connectivity index (χ2v) is 10.4. The zero-order valence-electron chi connectivity index (χ0n) is 14.7. The Balaban J connectivity index is 2.09. The van der Waals surface area contributed by atoms with E-state index in [1.165, 1.54) is 43.4 Å². The Labute approximate surface area is 131 Å². The van der Waals surface area contributed by atoms with Crippen molar-refractivity contribution in [2.24, 2.45) is 10.8 Å². The van der Waals surface area contributed by atoms with E-state index in [9.17, 15) is 0 Å². The predicted octanol–water partition coefficient (Wildman–Crippen LogP) is 3.35. The summed E-state index contributed by atoms with van der Waals surface area (Å²) in [6.45, 7) is 12.3. The monoisotopic (exact) mass is 302 g/mol. The fourth-order valence-corrected chi connectivity index (χ4v) is 5.39. The number of quaternary nitrogens is 2. The first-order valence-electron chi connectivity index (χ1n) is 8.16. The first-order valence-corrected chi connectivity index (χ1v) is 8.53. The molecule has 0 aromatic carbocycles. The van der Waals surface area contributed by atoms with Crippen molar-refractivity contribution < 1.29 is 8.97 Å². The molecule has 0 spiro atoms. The summed E-state index contributed by atoms with van der Waals surface area (Å²) in [4.78, 5) is 0.00530. The minimum atomic E-state index is 0.00530. The molecule has 3 unspecified atom stereocenters. The SMILES string of the molecule is CC12CCC(Cl)(C[N+](C)(CCC[N+](C)(C)C)C1)C2(C)C. The zero-order chi connectivity index (χ0) is 15.4. The van der Waals surface area contributed by atoms with Crippen LogP contribution in [0.1, 0.15) is 40.0 Å². The number of nitrogens with zero attached hydrogens (tertiary/aromatic N) is 2. The van der Waals surface area contributed by atoms with Crippen molar-refractivity contribution in [1.82, 2.24) is 0 Å². The second-order valence-electron chi connectivity index (χ2n) is 9.68. The van der Waals surface area contributed by atoms with Gasteiger partial charge >= 0.3 is 0 Å². The molecule has 2 rings (SSSR count). The van der Waals surface area contributed by atoms with Gasteiger partial charge in [-0.3, -0.25) is 0 Å². The summed E-state index contributed by atoms with van der Waals surface area (Å²) in [6, 6.07) is 0. The summed E-state index contributed by atoms with van der Waals surface area (Å²) in [6.07, 6.45) is 3.79. The van der Waals surface area contributed by atoms with Crippen LogP contribution in [-0.2, 0) is 0 Å². The Bertz CT molecular complexity index is 363. The number of rotatable bonds is 4. The molecule has 1 saturated heterocycles. The van der Waals surface area contributed by atoms with Crippen LogP contribution in [0.15, 0.2) is 0 Å². The lowest BCUT2D eigenvalue weighted by molar-refractivity contribution is -0.930. The summed E-state index contributed by atoms with van der Waals surface area (Å²) in [5, 5.41) is 0. The molecule has 0 N–H and O–H groups in total. The van der Waals surface area contributed by atoms with E-state index < -0.39 is 0 Å². The van der Waals surface area contributed by atoms with Gasteiger partial charge in [-0.05, 0) is 12.8 Å². The Hall–Kier alpha value is 0.210. The fraction of sp³-hybridized carbons (Fsp3) is 1.00. The smallest absolute Gasteiger partial charge is 0.0992 e. The third-order valence-electron chi connectivity index (χ3n) is 6.59. The molecule has 2 fully saturated rings. The predicted molar refractivity (Wildman–Crippen MR) is 88.0 cm³/mol. The van der Waals surface area contributed by atoms with Gasteiger partial charge in [0.25, 0.3) is 0 Å². The van der Waals surface area contributed by atoms with E-state index in [2.05, 4.69) is 49.0 Å². The number of piperidine rings is 1. The van der Waals surface area contributed by atoms with Gasteiger partial charge in [-0.1, -0.05) is 20.8 Å². The van der Waals surface area contributed by atoms with E-state index in [0.717, 1.165) is 11.0 Å². The summed E-state index contributed by atoms with van der Waals surface area (Å²) in [5.74, 6) is 0. The van der Waals surface area contributed by atoms with E-state index in [1.54, 1.807) is 0 Å². The normalized spacial score (nSPS) is 43.8. The molecule has 0 aromatic rings. The topological polar surface area (TPSA) is 0 Å². The number of hydrogen-bond donors (Lipinski definition) is 0. The first-order chi connectivity index (χ1) is 8.83. The van der Waals surface area contributed by atoms with Crippen molar-refractivity contribution in [3.05, 3.63) is 0 Å². The average molecular weight is 303 g/mol. The van der Waals surface area contributed by atoms with Crippen molar-refractivity contribution in [3.63, 3.8) is 0 Å². The molecule has 0 amide bonds. The molecule has 1 heterocycles. The number of halogens is 1. The van der Waals surface area contributed by atoms with Crippen LogP contribution >= 0.6 is 11.6 Å². The van der Waals surface area contributed by atoms with E-state index in [-0.39, 0.29) is 10.3 Å². The molecular formula is C17H35ClN2+2. The molecule has 1 aliphatic carbocycles. The molecule has 3 heteroatoms. The third kappa shape index (κ3) is 2.64. The molecule has 1 aliphatic heterocycles. The molecule has 118 valence electrons. The third-order valence-corrected chi connectivity index (χ3v) is 7.37. The van der Waals surface area contributed by atoms with Gasteiger partial charge < -0.3 is 8.97 Å². The van der Waals surface area contributed by atoms with Crippen LogP contribution in [0.4, 0.5) is 0 Å². The zero-order valence-corrected chi connectivity index (χ0v) is 15.5. The highest BCUT2D eigenvalue weighted by Gasteiger charge is 2.67. The van der Waals surface area contributed by atoms with E-state index in [0.29, 0.717) is 5.41 Å². The molecule has 2 bridgehead atoms. The second kappa shape index (κ2) is 4.60. The number of likely N-dealkylation sites (tertiary alicyclic amines) is 1. The molecule has 2 aliphatic rings. The highest BCUT2D eigenvalue weighted by molar-refractivity contribution is 6.25. The fourth-order valence-electron chi connectivity index (χ4n) is 4.78. The van der Waals surface area contributed by atoms with Gasteiger partial charge in [-0.15, -0.1) is 11.6 Å². The Morgan fingerprint density at radius 2 is 1.65 bits per heavy atom. The van der Waals surface area contributed by atoms with E-state index in [4.69, 9.17) is 11.6 Å². The molecule has 0 radical (unpaired) electrons. The minimum absolute atomic E-state index is 0.00530. The van der Waals surface area contributed by atoms with Crippen LogP contribution in [0.25, 0.3) is 0 Å².